The topological polar surface area (TPSA) is 62.2 Å². The molecule has 2 rings (SSSR count). The molecule has 0 bridgehead atoms. The first-order valence-electron chi connectivity index (χ1n) is 5.63. The molecule has 0 amide bonds. The number of anilines is 1. The van der Waals surface area contributed by atoms with E-state index in [0.29, 0.717) is 17.6 Å². The van der Waals surface area contributed by atoms with Crippen LogP contribution >= 0.6 is 0 Å². The molecule has 1 aliphatic carbocycles. The van der Waals surface area contributed by atoms with Gasteiger partial charge in [-0.15, -0.1) is 0 Å². The quantitative estimate of drug-likeness (QED) is 0.817. The zero-order valence-corrected chi connectivity index (χ0v) is 9.31. The highest BCUT2D eigenvalue weighted by molar-refractivity contribution is 5.91. The van der Waals surface area contributed by atoms with Crippen LogP contribution in [0.5, 0.6) is 0 Å². The van der Waals surface area contributed by atoms with Gasteiger partial charge in [0, 0.05) is 12.2 Å². The Balaban J connectivity index is 2.10. The number of hydrogen-bond acceptors (Lipinski definition) is 3. The molecule has 0 aliphatic heterocycles. The fourth-order valence-corrected chi connectivity index (χ4v) is 2.00. The van der Waals surface area contributed by atoms with E-state index in [0.717, 1.165) is 0 Å². The first-order valence-corrected chi connectivity index (χ1v) is 5.63. The fourth-order valence-electron chi connectivity index (χ4n) is 2.00. The molecule has 0 spiro atoms. The van der Waals surface area contributed by atoms with Gasteiger partial charge in [-0.2, -0.15) is 0 Å². The summed E-state index contributed by atoms with van der Waals surface area (Å²) in [5, 5.41) is 12.2. The molecule has 1 heterocycles. The van der Waals surface area contributed by atoms with Gasteiger partial charge >= 0.3 is 5.97 Å². The molecule has 1 fully saturated rings. The van der Waals surface area contributed by atoms with E-state index in [1.807, 2.05) is 0 Å². The second kappa shape index (κ2) is 4.51. The Morgan fingerprint density at radius 2 is 2.38 bits per heavy atom. The van der Waals surface area contributed by atoms with E-state index >= 15 is 0 Å². The number of carboxylic acids is 1. The summed E-state index contributed by atoms with van der Waals surface area (Å²) in [6, 6.07) is 3.84. The van der Waals surface area contributed by atoms with E-state index in [-0.39, 0.29) is 5.69 Å². The number of nitrogens with one attached hydrogen (secondary N) is 1. The maximum atomic E-state index is 11.0. The number of aromatic nitrogens is 1. The van der Waals surface area contributed by atoms with Crippen molar-refractivity contribution in [3.05, 3.63) is 24.0 Å². The van der Waals surface area contributed by atoms with Gasteiger partial charge in [0.1, 0.15) is 0 Å². The molecular weight excluding hydrogens is 204 g/mol. The third-order valence-electron chi connectivity index (χ3n) is 3.25. The molecule has 86 valence electrons. The average Bonchev–Trinajstić information content (AvgIpc) is 2.15. The van der Waals surface area contributed by atoms with Crippen molar-refractivity contribution in [1.82, 2.24) is 4.98 Å². The summed E-state index contributed by atoms with van der Waals surface area (Å²) in [6.45, 7) is 2.10. The first kappa shape index (κ1) is 10.9. The standard InChI is InChI=1S/C12H16N2O2/c1-8(9-4-2-5-9)14-10-6-3-7-13-11(10)12(15)16/h3,6-9,14H,2,4-5H2,1H3,(H,15,16). The number of carbonyl (C=O) groups is 1. The molecule has 4 nitrogen and oxygen atoms in total. The van der Waals surface area contributed by atoms with Gasteiger partial charge in [0.15, 0.2) is 5.69 Å². The van der Waals surface area contributed by atoms with Crippen LogP contribution in [0.25, 0.3) is 0 Å². The molecule has 2 N–H and O–H groups in total. The molecule has 1 atom stereocenters. The van der Waals surface area contributed by atoms with Crippen molar-refractivity contribution in [2.24, 2.45) is 5.92 Å². The van der Waals surface area contributed by atoms with Crippen LogP contribution in [0.2, 0.25) is 0 Å². The van der Waals surface area contributed by atoms with Crippen LogP contribution in [0, 0.1) is 5.92 Å². The van der Waals surface area contributed by atoms with Crippen molar-refractivity contribution in [3.8, 4) is 0 Å². The van der Waals surface area contributed by atoms with Crippen LogP contribution in [-0.2, 0) is 0 Å². The molecule has 1 aromatic heterocycles. The molecule has 16 heavy (non-hydrogen) atoms. The molecule has 0 radical (unpaired) electrons. The lowest BCUT2D eigenvalue weighted by atomic mass is 9.80. The van der Waals surface area contributed by atoms with Crippen LogP contribution in [0.4, 0.5) is 5.69 Å². The van der Waals surface area contributed by atoms with Gasteiger partial charge in [-0.1, -0.05) is 6.42 Å². The first-order chi connectivity index (χ1) is 7.68. The SMILES string of the molecule is CC(Nc1cccnc1C(=O)O)C1CCC1. The van der Waals surface area contributed by atoms with Crippen LogP contribution in [0.3, 0.4) is 0 Å². The summed E-state index contributed by atoms with van der Waals surface area (Å²) in [4.78, 5) is 14.8. The zero-order valence-electron chi connectivity index (χ0n) is 9.31. The van der Waals surface area contributed by atoms with E-state index in [4.69, 9.17) is 5.11 Å². The van der Waals surface area contributed by atoms with Crippen molar-refractivity contribution >= 4 is 11.7 Å². The van der Waals surface area contributed by atoms with Crippen LogP contribution in [-0.4, -0.2) is 22.1 Å². The molecule has 1 unspecified atom stereocenters. The monoisotopic (exact) mass is 220 g/mol. The smallest absolute Gasteiger partial charge is 0.356 e. The Kier molecular flexibility index (Phi) is 3.08. The van der Waals surface area contributed by atoms with E-state index in [9.17, 15) is 4.79 Å². The lowest BCUT2D eigenvalue weighted by molar-refractivity contribution is 0.0691. The van der Waals surface area contributed by atoms with E-state index in [1.54, 1.807) is 12.1 Å². The largest absolute Gasteiger partial charge is 0.476 e. The Morgan fingerprint density at radius 3 is 2.94 bits per heavy atom. The summed E-state index contributed by atoms with van der Waals surface area (Å²) in [6.07, 6.45) is 5.26. The normalized spacial score (nSPS) is 17.6. The minimum absolute atomic E-state index is 0.105. The van der Waals surface area contributed by atoms with Crippen molar-refractivity contribution < 1.29 is 9.90 Å². The fraction of sp³-hybridized carbons (Fsp3) is 0.500. The molecule has 4 heteroatoms. The number of pyridine rings is 1. The summed E-state index contributed by atoms with van der Waals surface area (Å²) in [5.41, 5.74) is 0.725. The van der Waals surface area contributed by atoms with Gasteiger partial charge in [0.05, 0.1) is 5.69 Å². The minimum Gasteiger partial charge on any atom is -0.476 e. The third-order valence-corrected chi connectivity index (χ3v) is 3.25. The van der Waals surface area contributed by atoms with Crippen molar-refractivity contribution in [3.63, 3.8) is 0 Å². The summed E-state index contributed by atoms with van der Waals surface area (Å²) >= 11 is 0. The van der Waals surface area contributed by atoms with Gasteiger partial charge in [0.2, 0.25) is 0 Å². The summed E-state index contributed by atoms with van der Waals surface area (Å²) in [5.74, 6) is -0.314. The molecule has 1 saturated carbocycles. The van der Waals surface area contributed by atoms with Crippen LogP contribution < -0.4 is 5.32 Å². The lowest BCUT2D eigenvalue weighted by Gasteiger charge is -2.32. The van der Waals surface area contributed by atoms with Crippen molar-refractivity contribution in [2.45, 2.75) is 32.2 Å². The summed E-state index contributed by atoms with van der Waals surface area (Å²) < 4.78 is 0. The predicted molar refractivity (Wildman–Crippen MR) is 61.6 cm³/mol. The second-order valence-electron chi connectivity index (χ2n) is 4.33. The number of aromatic carboxylic acids is 1. The predicted octanol–water partition coefficient (Wildman–Crippen LogP) is 2.38. The highest BCUT2D eigenvalue weighted by Gasteiger charge is 2.24. The highest BCUT2D eigenvalue weighted by Crippen LogP contribution is 2.31. The maximum absolute atomic E-state index is 11.0. The second-order valence-corrected chi connectivity index (χ2v) is 4.33. The zero-order chi connectivity index (χ0) is 11.5. The molecule has 0 aromatic carbocycles. The van der Waals surface area contributed by atoms with Crippen LogP contribution in [0.1, 0.15) is 36.7 Å². The van der Waals surface area contributed by atoms with Gasteiger partial charge in [-0.25, -0.2) is 9.78 Å². The third kappa shape index (κ3) is 2.15. The Bertz CT molecular complexity index is 388. The van der Waals surface area contributed by atoms with E-state index < -0.39 is 5.97 Å². The maximum Gasteiger partial charge on any atom is 0.356 e. The lowest BCUT2D eigenvalue weighted by Crippen LogP contribution is -2.31. The minimum atomic E-state index is -0.982. The Morgan fingerprint density at radius 1 is 1.62 bits per heavy atom. The number of rotatable bonds is 4. The molecular formula is C12H16N2O2. The Hall–Kier alpha value is -1.58. The number of carboxylic acid groups (broad SMARTS) is 1. The van der Waals surface area contributed by atoms with Crippen molar-refractivity contribution in [1.29, 1.82) is 0 Å². The number of hydrogen-bond donors (Lipinski definition) is 2. The van der Waals surface area contributed by atoms with Crippen molar-refractivity contribution in [2.75, 3.05) is 5.32 Å². The average molecular weight is 220 g/mol. The highest BCUT2D eigenvalue weighted by atomic mass is 16.4. The number of nitrogens with zero attached hydrogens (tertiary/aromatic N) is 1. The van der Waals surface area contributed by atoms with Gasteiger partial charge < -0.3 is 10.4 Å². The van der Waals surface area contributed by atoms with E-state index in [1.165, 1.54) is 25.5 Å². The summed E-state index contributed by atoms with van der Waals surface area (Å²) in [7, 11) is 0. The molecule has 1 aromatic rings. The molecule has 0 saturated heterocycles. The van der Waals surface area contributed by atoms with Gasteiger partial charge in [-0.3, -0.25) is 0 Å². The Labute approximate surface area is 94.7 Å². The molecule has 1 aliphatic rings. The van der Waals surface area contributed by atoms with Gasteiger partial charge in [-0.05, 0) is 37.8 Å². The van der Waals surface area contributed by atoms with Gasteiger partial charge in [0.25, 0.3) is 0 Å². The van der Waals surface area contributed by atoms with Crippen LogP contribution in [0.15, 0.2) is 18.3 Å². The van der Waals surface area contributed by atoms with E-state index in [2.05, 4.69) is 17.2 Å².